The summed E-state index contributed by atoms with van der Waals surface area (Å²) in [7, 11) is 0. The Bertz CT molecular complexity index is 139. The molecule has 0 spiro atoms. The van der Waals surface area contributed by atoms with Crippen LogP contribution in [-0.4, -0.2) is 18.5 Å². The summed E-state index contributed by atoms with van der Waals surface area (Å²) in [6.45, 7) is 2.93. The van der Waals surface area contributed by atoms with Gasteiger partial charge in [0.25, 0.3) is 0 Å². The lowest BCUT2D eigenvalue weighted by molar-refractivity contribution is -0.138. The first-order chi connectivity index (χ1) is 5.37. The normalized spacial score (nSPS) is 17.1. The van der Waals surface area contributed by atoms with Crippen LogP contribution in [0.2, 0.25) is 0 Å². The predicted molar refractivity (Wildman–Crippen MR) is 35.3 cm³/mol. The molecule has 0 aliphatic rings. The molecule has 72 valence electrons. The Morgan fingerprint density at radius 3 is 2.08 bits per heavy atom. The maximum absolute atomic E-state index is 12.4. The second-order valence-corrected chi connectivity index (χ2v) is 2.35. The topological polar surface area (TPSA) is 0 Å². The van der Waals surface area contributed by atoms with E-state index in [-0.39, 0.29) is 0 Å². The summed E-state index contributed by atoms with van der Waals surface area (Å²) in [5.74, 6) is 0. The zero-order valence-electron chi connectivity index (χ0n) is 6.24. The van der Waals surface area contributed by atoms with Gasteiger partial charge in [0, 0.05) is 6.42 Å². The predicted octanol–water partition coefficient (Wildman–Crippen LogP) is 3.19. The van der Waals surface area contributed by atoms with Crippen LogP contribution in [0.1, 0.15) is 12.8 Å². The van der Waals surface area contributed by atoms with Crippen LogP contribution in [0, 0.1) is 0 Å². The van der Waals surface area contributed by atoms with Gasteiger partial charge in [0.1, 0.15) is 12.3 Å². The van der Waals surface area contributed by atoms with Gasteiger partial charge in [0.15, 0.2) is 0 Å². The maximum atomic E-state index is 12.4. The van der Waals surface area contributed by atoms with Crippen molar-refractivity contribution < 1.29 is 22.0 Å². The SMILES string of the molecule is C=CC(F)C(F)CCC(F)(F)F. The third kappa shape index (κ3) is 5.09. The molecule has 0 aromatic rings. The zero-order chi connectivity index (χ0) is 9.78. The van der Waals surface area contributed by atoms with Gasteiger partial charge in [-0.25, -0.2) is 8.78 Å². The van der Waals surface area contributed by atoms with Gasteiger partial charge in [-0.1, -0.05) is 6.08 Å². The van der Waals surface area contributed by atoms with Crippen molar-refractivity contribution >= 4 is 0 Å². The number of allylic oxidation sites excluding steroid dienone is 1. The van der Waals surface area contributed by atoms with E-state index in [0.29, 0.717) is 6.08 Å². The highest BCUT2D eigenvalue weighted by Crippen LogP contribution is 2.24. The fraction of sp³-hybridized carbons (Fsp3) is 0.714. The summed E-state index contributed by atoms with van der Waals surface area (Å²) >= 11 is 0. The molecule has 0 bridgehead atoms. The van der Waals surface area contributed by atoms with E-state index >= 15 is 0 Å². The first kappa shape index (κ1) is 11.4. The Morgan fingerprint density at radius 1 is 1.25 bits per heavy atom. The van der Waals surface area contributed by atoms with Gasteiger partial charge in [-0.3, -0.25) is 0 Å². The van der Waals surface area contributed by atoms with Crippen LogP contribution in [-0.2, 0) is 0 Å². The van der Waals surface area contributed by atoms with Crippen molar-refractivity contribution in [3.63, 3.8) is 0 Å². The highest BCUT2D eigenvalue weighted by molar-refractivity contribution is 4.85. The molecule has 0 heterocycles. The van der Waals surface area contributed by atoms with E-state index < -0.39 is 31.4 Å². The summed E-state index contributed by atoms with van der Waals surface area (Å²) in [6, 6.07) is 0. The molecule has 0 saturated heterocycles. The van der Waals surface area contributed by atoms with Crippen LogP contribution in [0.15, 0.2) is 12.7 Å². The molecule has 0 radical (unpaired) electrons. The Labute approximate surface area is 67.1 Å². The van der Waals surface area contributed by atoms with Crippen molar-refractivity contribution in [2.24, 2.45) is 0 Å². The van der Waals surface area contributed by atoms with Crippen molar-refractivity contribution in [1.29, 1.82) is 0 Å². The van der Waals surface area contributed by atoms with Crippen LogP contribution in [0.25, 0.3) is 0 Å². The van der Waals surface area contributed by atoms with Crippen LogP contribution < -0.4 is 0 Å². The number of alkyl halides is 5. The van der Waals surface area contributed by atoms with Gasteiger partial charge in [-0.15, -0.1) is 6.58 Å². The van der Waals surface area contributed by atoms with E-state index in [1.54, 1.807) is 0 Å². The van der Waals surface area contributed by atoms with Crippen LogP contribution in [0.4, 0.5) is 22.0 Å². The van der Waals surface area contributed by atoms with Gasteiger partial charge in [-0.05, 0) is 6.42 Å². The molecule has 0 aromatic heterocycles. The Balaban J connectivity index is 3.71. The van der Waals surface area contributed by atoms with Crippen LogP contribution >= 0.6 is 0 Å². The summed E-state index contributed by atoms with van der Waals surface area (Å²) in [4.78, 5) is 0. The molecule has 0 fully saturated rings. The summed E-state index contributed by atoms with van der Waals surface area (Å²) in [5.41, 5.74) is 0. The smallest absolute Gasteiger partial charge is 0.244 e. The van der Waals surface area contributed by atoms with E-state index in [9.17, 15) is 22.0 Å². The standard InChI is InChI=1S/C7H9F5/c1-2-5(8)6(9)3-4-7(10,11)12/h2,5-6H,1,3-4H2. The van der Waals surface area contributed by atoms with Crippen molar-refractivity contribution in [2.45, 2.75) is 31.4 Å². The molecule has 0 saturated carbocycles. The molecule has 2 unspecified atom stereocenters. The van der Waals surface area contributed by atoms with Crippen molar-refractivity contribution in [3.8, 4) is 0 Å². The van der Waals surface area contributed by atoms with Crippen LogP contribution in [0.3, 0.4) is 0 Å². The van der Waals surface area contributed by atoms with E-state index in [1.165, 1.54) is 0 Å². The average Bonchev–Trinajstić information content (AvgIpc) is 1.97. The van der Waals surface area contributed by atoms with E-state index in [1.807, 2.05) is 0 Å². The second-order valence-electron chi connectivity index (χ2n) is 2.35. The molecule has 0 aliphatic heterocycles. The number of hydrogen-bond donors (Lipinski definition) is 0. The molecule has 12 heavy (non-hydrogen) atoms. The van der Waals surface area contributed by atoms with E-state index in [4.69, 9.17) is 0 Å². The molecular formula is C7H9F5. The highest BCUT2D eigenvalue weighted by Gasteiger charge is 2.30. The van der Waals surface area contributed by atoms with Crippen LogP contribution in [0.5, 0.6) is 0 Å². The summed E-state index contributed by atoms with van der Waals surface area (Å²) < 4.78 is 59.0. The third-order valence-corrected chi connectivity index (χ3v) is 1.27. The zero-order valence-corrected chi connectivity index (χ0v) is 6.24. The Morgan fingerprint density at radius 2 is 1.75 bits per heavy atom. The second kappa shape index (κ2) is 4.42. The van der Waals surface area contributed by atoms with Crippen molar-refractivity contribution in [1.82, 2.24) is 0 Å². The van der Waals surface area contributed by atoms with Gasteiger partial charge in [-0.2, -0.15) is 13.2 Å². The Kier molecular flexibility index (Phi) is 4.20. The first-order valence-corrected chi connectivity index (χ1v) is 3.34. The molecule has 0 aliphatic carbocycles. The third-order valence-electron chi connectivity index (χ3n) is 1.27. The number of halogens is 5. The number of rotatable bonds is 4. The minimum Gasteiger partial charge on any atom is -0.244 e. The van der Waals surface area contributed by atoms with Gasteiger partial charge < -0.3 is 0 Å². The monoisotopic (exact) mass is 188 g/mol. The molecule has 0 aromatic carbocycles. The first-order valence-electron chi connectivity index (χ1n) is 3.34. The molecule has 2 atom stereocenters. The summed E-state index contributed by atoms with van der Waals surface area (Å²) in [6.07, 6.45) is -10.0. The average molecular weight is 188 g/mol. The largest absolute Gasteiger partial charge is 0.389 e. The van der Waals surface area contributed by atoms with Gasteiger partial charge in [0.05, 0.1) is 0 Å². The molecule has 0 rings (SSSR count). The number of hydrogen-bond acceptors (Lipinski definition) is 0. The van der Waals surface area contributed by atoms with Crippen molar-refractivity contribution in [2.75, 3.05) is 0 Å². The lowest BCUT2D eigenvalue weighted by Crippen LogP contribution is -2.18. The molecule has 0 nitrogen and oxygen atoms in total. The van der Waals surface area contributed by atoms with E-state index in [0.717, 1.165) is 0 Å². The fourth-order valence-corrected chi connectivity index (χ4v) is 0.608. The lowest BCUT2D eigenvalue weighted by atomic mass is 10.1. The minimum atomic E-state index is -4.43. The van der Waals surface area contributed by atoms with E-state index in [2.05, 4.69) is 6.58 Å². The summed E-state index contributed by atoms with van der Waals surface area (Å²) in [5, 5.41) is 0. The highest BCUT2D eigenvalue weighted by atomic mass is 19.4. The molecule has 0 N–H and O–H groups in total. The molecule has 0 amide bonds. The van der Waals surface area contributed by atoms with Crippen molar-refractivity contribution in [3.05, 3.63) is 12.7 Å². The maximum Gasteiger partial charge on any atom is 0.389 e. The quantitative estimate of drug-likeness (QED) is 0.469. The fourth-order valence-electron chi connectivity index (χ4n) is 0.608. The molecule has 5 heteroatoms. The van der Waals surface area contributed by atoms with Gasteiger partial charge in [0.2, 0.25) is 0 Å². The molecular weight excluding hydrogens is 179 g/mol. The Hall–Kier alpha value is -0.610. The van der Waals surface area contributed by atoms with Gasteiger partial charge >= 0.3 is 6.18 Å². The minimum absolute atomic E-state index is 0.654. The lowest BCUT2D eigenvalue weighted by Gasteiger charge is -2.10.